The zero-order valence-corrected chi connectivity index (χ0v) is 21.7. The minimum Gasteiger partial charge on any atom is -0.481 e. The Kier molecular flexibility index (Phi) is 8.78. The quantitative estimate of drug-likeness (QED) is 0.328. The van der Waals surface area contributed by atoms with Crippen LogP contribution in [0.1, 0.15) is 61.3 Å². The molecule has 0 amide bonds. The van der Waals surface area contributed by atoms with E-state index in [2.05, 4.69) is 74.3 Å². The van der Waals surface area contributed by atoms with Gasteiger partial charge in [-0.15, -0.1) is 6.58 Å². The molecule has 160 valence electrons. The van der Waals surface area contributed by atoms with Crippen molar-refractivity contribution in [3.63, 3.8) is 0 Å². The second-order valence-electron chi connectivity index (χ2n) is 11.0. The van der Waals surface area contributed by atoms with E-state index in [1.165, 1.54) is 0 Å². The van der Waals surface area contributed by atoms with Gasteiger partial charge in [0.1, 0.15) is 0 Å². The predicted octanol–water partition coefficient (Wildman–Crippen LogP) is 6.46. The summed E-state index contributed by atoms with van der Waals surface area (Å²) in [6, 6.07) is 0. The Labute approximate surface area is 170 Å². The number of rotatable bonds is 10. The summed E-state index contributed by atoms with van der Waals surface area (Å²) >= 11 is 0. The Hall–Kier alpha value is -0.436. The van der Waals surface area contributed by atoms with Gasteiger partial charge in [-0.25, -0.2) is 0 Å². The van der Waals surface area contributed by atoms with Crippen molar-refractivity contribution in [2.75, 3.05) is 6.61 Å². The molecule has 1 unspecified atom stereocenters. The van der Waals surface area contributed by atoms with Crippen molar-refractivity contribution in [2.45, 2.75) is 104 Å². The molecule has 0 radical (unpaired) electrons. The third-order valence-electron chi connectivity index (χ3n) is 6.66. The zero-order chi connectivity index (χ0) is 21.9. The van der Waals surface area contributed by atoms with Crippen molar-refractivity contribution < 1.29 is 18.8 Å². The number of allylic oxidation sites excluding steroid dienone is 1. The summed E-state index contributed by atoms with van der Waals surface area (Å²) in [5, 5.41) is 10.1. The van der Waals surface area contributed by atoms with E-state index in [9.17, 15) is 9.90 Å². The largest absolute Gasteiger partial charge is 0.481 e. The minimum atomic E-state index is -2.13. The van der Waals surface area contributed by atoms with Crippen LogP contribution in [0.4, 0.5) is 0 Å². The lowest BCUT2D eigenvalue weighted by atomic mass is 9.80. The van der Waals surface area contributed by atoms with E-state index in [1.54, 1.807) is 13.0 Å². The van der Waals surface area contributed by atoms with Gasteiger partial charge in [0.05, 0.1) is 11.5 Å². The van der Waals surface area contributed by atoms with Crippen LogP contribution >= 0.6 is 0 Å². The smallest absolute Gasteiger partial charge is 0.312 e. The predicted molar refractivity (Wildman–Crippen MR) is 120 cm³/mol. The first-order valence-corrected chi connectivity index (χ1v) is 15.8. The summed E-state index contributed by atoms with van der Waals surface area (Å²) in [6.45, 7) is 28.0. The highest BCUT2D eigenvalue weighted by atomic mass is 28.4. The molecule has 27 heavy (non-hydrogen) atoms. The first-order chi connectivity index (χ1) is 11.8. The van der Waals surface area contributed by atoms with E-state index < -0.39 is 34.1 Å². The van der Waals surface area contributed by atoms with Gasteiger partial charge in [-0.05, 0) is 56.0 Å². The van der Waals surface area contributed by atoms with Crippen LogP contribution in [0, 0.1) is 5.41 Å². The Morgan fingerprint density at radius 3 is 1.78 bits per heavy atom. The van der Waals surface area contributed by atoms with Gasteiger partial charge in [0, 0.05) is 6.61 Å². The number of carbonyl (C=O) groups is 1. The van der Waals surface area contributed by atoms with Crippen LogP contribution in [0.3, 0.4) is 0 Å². The third kappa shape index (κ3) is 6.84. The summed E-state index contributed by atoms with van der Waals surface area (Å²) in [5.41, 5.74) is -1.01. The molecule has 0 aromatic carbocycles. The van der Waals surface area contributed by atoms with E-state index >= 15 is 0 Å². The molecule has 0 bridgehead atoms. The van der Waals surface area contributed by atoms with Crippen LogP contribution in [0.25, 0.3) is 0 Å². The summed E-state index contributed by atoms with van der Waals surface area (Å²) in [5.74, 6) is -0.835. The van der Waals surface area contributed by atoms with E-state index in [0.29, 0.717) is 19.4 Å². The van der Waals surface area contributed by atoms with Crippen LogP contribution in [0.15, 0.2) is 12.7 Å². The molecule has 0 rings (SSSR count). The highest BCUT2D eigenvalue weighted by Gasteiger charge is 2.47. The average Bonchev–Trinajstić information content (AvgIpc) is 2.43. The lowest BCUT2D eigenvalue weighted by molar-refractivity contribution is -0.154. The Morgan fingerprint density at radius 2 is 1.44 bits per heavy atom. The molecule has 1 N–H and O–H groups in total. The monoisotopic (exact) mass is 416 g/mol. The van der Waals surface area contributed by atoms with Crippen LogP contribution in [-0.4, -0.2) is 40.4 Å². The van der Waals surface area contributed by atoms with E-state index in [4.69, 9.17) is 8.85 Å². The number of aliphatic carboxylic acids is 1. The van der Waals surface area contributed by atoms with Crippen molar-refractivity contribution in [1.82, 2.24) is 0 Å². The van der Waals surface area contributed by atoms with Gasteiger partial charge in [0.15, 0.2) is 16.6 Å². The highest BCUT2D eigenvalue weighted by Crippen LogP contribution is 2.42. The lowest BCUT2D eigenvalue weighted by Gasteiger charge is -2.44. The molecule has 0 saturated heterocycles. The van der Waals surface area contributed by atoms with Gasteiger partial charge in [-0.2, -0.15) is 0 Å². The standard InChI is InChI=1S/C21H44O4Si2/c1-13-15-21(8,18(22)23)17(25-27(11,12)20(5,6)7)14-16-24-26(9,10)19(2,3)4/h13,17H,1,14-16H2,2-12H3,(H,22,23)/t17-,21?/m0/s1. The fraction of sp³-hybridized carbons (Fsp3) is 0.857. The molecule has 2 atom stereocenters. The van der Waals surface area contributed by atoms with Gasteiger partial charge in [-0.1, -0.05) is 47.6 Å². The maximum absolute atomic E-state index is 12.2. The van der Waals surface area contributed by atoms with Crippen molar-refractivity contribution in [2.24, 2.45) is 5.41 Å². The summed E-state index contributed by atoms with van der Waals surface area (Å²) in [6.07, 6.45) is 2.24. The SMILES string of the molecule is C=CCC(C)(C(=O)O)[C@H](CCO[Si](C)(C)C(C)(C)C)O[Si](C)(C)C(C)(C)C. The molecule has 0 aliphatic rings. The van der Waals surface area contributed by atoms with Crippen LogP contribution in [-0.2, 0) is 13.6 Å². The topological polar surface area (TPSA) is 55.8 Å². The maximum Gasteiger partial charge on any atom is 0.312 e. The minimum absolute atomic E-state index is 0.0130. The van der Waals surface area contributed by atoms with E-state index in [0.717, 1.165) is 0 Å². The molecule has 0 aromatic rings. The van der Waals surface area contributed by atoms with Gasteiger partial charge >= 0.3 is 5.97 Å². The van der Waals surface area contributed by atoms with E-state index in [1.807, 2.05) is 0 Å². The molecule has 0 saturated carbocycles. The molecule has 0 spiro atoms. The van der Waals surface area contributed by atoms with Crippen molar-refractivity contribution >= 4 is 22.6 Å². The molecule has 4 nitrogen and oxygen atoms in total. The van der Waals surface area contributed by atoms with Gasteiger partial charge in [0.25, 0.3) is 0 Å². The fourth-order valence-electron chi connectivity index (χ4n) is 2.33. The Morgan fingerprint density at radius 1 is 1.00 bits per heavy atom. The lowest BCUT2D eigenvalue weighted by Crippen LogP contribution is -2.51. The normalized spacial score (nSPS) is 17.3. The van der Waals surface area contributed by atoms with Gasteiger partial charge in [-0.3, -0.25) is 4.79 Å². The van der Waals surface area contributed by atoms with E-state index in [-0.39, 0.29) is 10.1 Å². The van der Waals surface area contributed by atoms with Crippen LogP contribution in [0.2, 0.25) is 36.3 Å². The highest BCUT2D eigenvalue weighted by molar-refractivity contribution is 6.74. The second-order valence-corrected chi connectivity index (χ2v) is 20.5. The third-order valence-corrected chi connectivity index (χ3v) is 15.7. The van der Waals surface area contributed by atoms with Crippen molar-refractivity contribution in [1.29, 1.82) is 0 Å². The zero-order valence-electron chi connectivity index (χ0n) is 19.7. The molecule has 0 aromatic heterocycles. The van der Waals surface area contributed by atoms with Gasteiger partial charge in [0.2, 0.25) is 0 Å². The first-order valence-electron chi connectivity index (χ1n) is 9.98. The van der Waals surface area contributed by atoms with Crippen molar-refractivity contribution in [3.05, 3.63) is 12.7 Å². The molecule has 6 heteroatoms. The summed E-state index contributed by atoms with van der Waals surface area (Å²) in [7, 11) is -4.01. The van der Waals surface area contributed by atoms with Crippen LogP contribution < -0.4 is 0 Å². The Balaban J connectivity index is 5.62. The Bertz CT molecular complexity index is 515. The molecule has 0 aliphatic heterocycles. The summed E-state index contributed by atoms with van der Waals surface area (Å²) in [4.78, 5) is 12.2. The maximum atomic E-state index is 12.2. The van der Waals surface area contributed by atoms with Crippen molar-refractivity contribution in [3.8, 4) is 0 Å². The number of carboxylic acids is 1. The number of carboxylic acid groups (broad SMARTS) is 1. The number of hydrogen-bond donors (Lipinski definition) is 1. The summed E-state index contributed by atoms with van der Waals surface area (Å²) < 4.78 is 13.0. The molecule has 0 aliphatic carbocycles. The number of hydrogen-bond acceptors (Lipinski definition) is 3. The first kappa shape index (κ1) is 26.6. The van der Waals surface area contributed by atoms with Crippen LogP contribution in [0.5, 0.6) is 0 Å². The molecular formula is C21H44O4Si2. The van der Waals surface area contributed by atoms with Gasteiger partial charge < -0.3 is 14.0 Å². The molecular weight excluding hydrogens is 372 g/mol. The fourth-order valence-corrected chi connectivity index (χ4v) is 4.84. The molecule has 0 heterocycles. The molecule has 0 fully saturated rings. The second kappa shape index (κ2) is 8.93. The average molecular weight is 417 g/mol.